The third-order valence-corrected chi connectivity index (χ3v) is 15.3. The van der Waals surface area contributed by atoms with Crippen LogP contribution in [0.3, 0.4) is 0 Å². The normalized spacial score (nSPS) is 36.8. The Kier molecular flexibility index (Phi) is 10.8. The third kappa shape index (κ3) is 5.98. The molecule has 2 bridgehead atoms. The van der Waals surface area contributed by atoms with Crippen molar-refractivity contribution in [2.45, 2.75) is 120 Å². The number of para-hydroxylation sites is 1. The van der Waals surface area contributed by atoms with E-state index in [2.05, 4.69) is 103 Å². The number of fused-ring (bicyclic) bond motifs is 6. The van der Waals surface area contributed by atoms with Gasteiger partial charge in [0, 0.05) is 84.7 Å². The van der Waals surface area contributed by atoms with E-state index in [4.69, 9.17) is 23.9 Å². The van der Waals surface area contributed by atoms with E-state index >= 15 is 0 Å². The van der Waals surface area contributed by atoms with Crippen LogP contribution in [-0.4, -0.2) is 112 Å². The molecule has 6 heterocycles. The molecule has 12 nitrogen and oxygen atoms in total. The Morgan fingerprint density at radius 2 is 1.66 bits per heavy atom. The largest absolute Gasteiger partial charge is 0.458 e. The molecule has 2 aromatic carbocycles. The fourth-order valence-electron chi connectivity index (χ4n) is 13.7. The van der Waals surface area contributed by atoms with Crippen LogP contribution < -0.4 is 4.90 Å². The lowest BCUT2D eigenvalue weighted by Gasteiger charge is -2.64. The van der Waals surface area contributed by atoms with Crippen molar-refractivity contribution in [2.75, 3.05) is 44.7 Å². The molecule has 58 heavy (non-hydrogen) atoms. The number of piperidine rings is 1. The minimum atomic E-state index is -1.31. The van der Waals surface area contributed by atoms with Crippen LogP contribution in [-0.2, 0) is 46.0 Å². The van der Waals surface area contributed by atoms with E-state index < -0.39 is 22.7 Å². The van der Waals surface area contributed by atoms with Gasteiger partial charge in [-0.25, -0.2) is 0 Å². The Morgan fingerprint density at radius 3 is 2.33 bits per heavy atom. The molecule has 1 unspecified atom stereocenters. The number of esters is 1. The molecule has 0 radical (unpaired) electrons. The lowest BCUT2D eigenvalue weighted by atomic mass is 9.48. The molecule has 12 heteroatoms. The summed E-state index contributed by atoms with van der Waals surface area (Å²) >= 11 is 0. The summed E-state index contributed by atoms with van der Waals surface area (Å²) in [5, 5.41) is 26.1. The molecule has 3 aromatic rings. The Balaban J connectivity index is 0.000000806. The number of benzene rings is 2. The third-order valence-electron chi connectivity index (χ3n) is 15.3. The van der Waals surface area contributed by atoms with Gasteiger partial charge in [-0.2, -0.15) is 19.2 Å². The predicted molar refractivity (Wildman–Crippen MR) is 216 cm³/mol. The summed E-state index contributed by atoms with van der Waals surface area (Å²) in [6.45, 7) is 17.0. The quantitative estimate of drug-likeness (QED) is 0.246. The summed E-state index contributed by atoms with van der Waals surface area (Å²) in [6, 6.07) is 13.5. The zero-order valence-electron chi connectivity index (χ0n) is 34.9. The Hall–Kier alpha value is -4.41. The van der Waals surface area contributed by atoms with Gasteiger partial charge in [0.15, 0.2) is 0 Å². The van der Waals surface area contributed by atoms with Gasteiger partial charge in [-0.3, -0.25) is 14.6 Å². The second kappa shape index (κ2) is 15.0. The number of aliphatic hydroxyl groups is 2. The topological polar surface area (TPSA) is 161 Å². The van der Waals surface area contributed by atoms with Crippen LogP contribution in [0.25, 0.3) is 10.9 Å². The summed E-state index contributed by atoms with van der Waals surface area (Å²) in [7, 11) is 2.18. The molecule has 6 aliphatic rings. The molecule has 1 saturated carbocycles. The van der Waals surface area contributed by atoms with E-state index in [9.17, 15) is 15.0 Å². The van der Waals surface area contributed by atoms with Crippen molar-refractivity contribution >= 4 is 34.9 Å². The number of likely N-dealkylation sites (N-methyl/N-ethyl adjacent to an activating group) is 1. The number of nitrogens with one attached hydrogen (secondary N) is 1. The summed E-state index contributed by atoms with van der Waals surface area (Å²) in [4.78, 5) is 56.8. The average molecular weight is 795 g/mol. The van der Waals surface area contributed by atoms with E-state index in [1.165, 1.54) is 51.5 Å². The van der Waals surface area contributed by atoms with Gasteiger partial charge in [-0.1, -0.05) is 56.3 Å². The highest BCUT2D eigenvalue weighted by molar-refractivity contribution is 5.86. The van der Waals surface area contributed by atoms with Crippen LogP contribution in [0.2, 0.25) is 0 Å². The number of carbonyl (C=O) groups excluding carboxylic acids is 5. The maximum atomic E-state index is 13.0. The standard InChI is InChI=1S/C44H58N4O4.2CO2/c1-8-42(51)24-29-23-40(5,36-31(17-21-47(25-29)26-42)30-13-10-11-14-34(30)45-36)32-15-16-33-35(27(32)3)46(7)37-41(6,50)39(52-28(4)49)43(9-2)18-12-20-48-22-19-44(33,37)38(43)48;2*2-1-3/h10-16,18,29,37-39,45,50-51H,8-9,17,19-26H2,1-7H3;;/t29-,37+,38+,39+,40-,41+,42+,43-,44+;;/m1../s1. The number of hydrogen-bond acceptors (Lipinski definition) is 11. The van der Waals surface area contributed by atoms with Gasteiger partial charge in [-0.05, 0) is 100 Å². The summed E-state index contributed by atoms with van der Waals surface area (Å²) in [6.07, 6.45) is 9.50. The van der Waals surface area contributed by atoms with Gasteiger partial charge in [0.1, 0.15) is 11.7 Å². The molecule has 1 aliphatic carbocycles. The Morgan fingerprint density at radius 1 is 0.966 bits per heavy atom. The molecule has 0 amide bonds. The second-order valence-electron chi connectivity index (χ2n) is 18.3. The van der Waals surface area contributed by atoms with Gasteiger partial charge in [0.2, 0.25) is 0 Å². The maximum Gasteiger partial charge on any atom is 0.373 e. The minimum absolute atomic E-state index is 0.0965. The Labute approximate surface area is 340 Å². The number of carbonyl (C=O) groups is 1. The van der Waals surface area contributed by atoms with Gasteiger partial charge >= 0.3 is 18.3 Å². The van der Waals surface area contributed by atoms with Crippen molar-refractivity contribution in [2.24, 2.45) is 11.3 Å². The predicted octanol–water partition coefficient (Wildman–Crippen LogP) is 4.82. The van der Waals surface area contributed by atoms with E-state index in [1.807, 2.05) is 6.92 Å². The van der Waals surface area contributed by atoms with Crippen molar-refractivity contribution in [1.29, 1.82) is 0 Å². The first-order valence-electron chi connectivity index (χ1n) is 20.8. The van der Waals surface area contributed by atoms with Gasteiger partial charge in [0.25, 0.3) is 0 Å². The highest BCUT2D eigenvalue weighted by atomic mass is 16.6. The lowest BCUT2D eigenvalue weighted by Crippen LogP contribution is -2.78. The molecule has 9 rings (SSSR count). The summed E-state index contributed by atoms with van der Waals surface area (Å²) in [5.74, 6) is -0.00954. The molecule has 1 spiro atoms. The number of rotatable bonds is 4. The van der Waals surface area contributed by atoms with Gasteiger partial charge in [-0.15, -0.1) is 0 Å². The summed E-state index contributed by atoms with van der Waals surface area (Å²) in [5.41, 5.74) is 5.84. The van der Waals surface area contributed by atoms with Crippen molar-refractivity contribution < 1.29 is 38.9 Å². The van der Waals surface area contributed by atoms with Gasteiger partial charge in [0.05, 0.1) is 11.6 Å². The molecule has 2 saturated heterocycles. The summed E-state index contributed by atoms with van der Waals surface area (Å²) < 4.78 is 6.26. The van der Waals surface area contributed by atoms with E-state index in [-0.39, 0.29) is 41.2 Å². The molecule has 10 atom stereocenters. The number of ether oxygens (including phenoxy) is 1. The number of aromatic nitrogens is 1. The van der Waals surface area contributed by atoms with Crippen molar-refractivity contribution in [1.82, 2.24) is 14.8 Å². The number of aromatic amines is 1. The SMILES string of the molecule is CC[C@]1(O)C[C@@H]2CN(CCc3c([nH]c4ccccc34)[C@@](C)(c3ccc4c(c3C)N(C)[C@H]3[C@](C)(O)[C@H](OC(C)=O)[C@]5(CC)C=CCN6CC[C@]43[C@@H]65)C2)C1.O=C=O.O=C=O. The molecule has 5 aliphatic heterocycles. The van der Waals surface area contributed by atoms with E-state index in [0.717, 1.165) is 71.2 Å². The van der Waals surface area contributed by atoms with Crippen molar-refractivity contribution in [3.05, 3.63) is 76.5 Å². The first kappa shape index (κ1) is 41.7. The number of nitrogens with zero attached hydrogens (tertiary/aromatic N) is 3. The van der Waals surface area contributed by atoms with Crippen LogP contribution >= 0.6 is 0 Å². The molecule has 310 valence electrons. The number of H-pyrrole nitrogens is 1. The van der Waals surface area contributed by atoms with Crippen LogP contribution in [0.1, 0.15) is 94.7 Å². The van der Waals surface area contributed by atoms with Gasteiger partial charge < -0.3 is 24.8 Å². The zero-order valence-corrected chi connectivity index (χ0v) is 34.9. The molecular weight excluding hydrogens is 737 g/mol. The van der Waals surface area contributed by atoms with Crippen LogP contribution in [0, 0.1) is 18.3 Å². The average Bonchev–Trinajstić information content (AvgIpc) is 3.84. The monoisotopic (exact) mass is 794 g/mol. The highest BCUT2D eigenvalue weighted by Crippen LogP contribution is 2.68. The number of hydrogen-bond donors (Lipinski definition) is 3. The number of anilines is 1. The van der Waals surface area contributed by atoms with Crippen LogP contribution in [0.5, 0.6) is 0 Å². The molecular formula is C46H58N4O8. The fourth-order valence-corrected chi connectivity index (χ4v) is 13.7. The van der Waals surface area contributed by atoms with Crippen LogP contribution in [0.15, 0.2) is 48.6 Å². The van der Waals surface area contributed by atoms with E-state index in [0.29, 0.717) is 5.92 Å². The molecule has 3 N–H and O–H groups in total. The van der Waals surface area contributed by atoms with Crippen LogP contribution in [0.4, 0.5) is 5.69 Å². The van der Waals surface area contributed by atoms with E-state index in [1.54, 1.807) is 0 Å². The maximum absolute atomic E-state index is 13.0. The smallest absolute Gasteiger partial charge is 0.373 e. The second-order valence-corrected chi connectivity index (χ2v) is 18.3. The Bertz CT molecular complexity index is 2170. The highest BCUT2D eigenvalue weighted by Gasteiger charge is 2.76. The molecule has 1 aromatic heterocycles. The van der Waals surface area contributed by atoms with Crippen molar-refractivity contribution in [3.8, 4) is 0 Å². The zero-order chi connectivity index (χ0) is 42.0. The minimum Gasteiger partial charge on any atom is -0.458 e. The van der Waals surface area contributed by atoms with Crippen molar-refractivity contribution in [3.63, 3.8) is 0 Å². The first-order valence-corrected chi connectivity index (χ1v) is 20.8. The lowest BCUT2D eigenvalue weighted by molar-refractivity contribution is -0.213. The first-order chi connectivity index (χ1) is 27.6. The molecule has 3 fully saturated rings. The fraction of sp³-hybridized carbons (Fsp3) is 0.587.